The van der Waals surface area contributed by atoms with E-state index < -0.39 is 35.9 Å². The molecule has 0 spiro atoms. The highest BCUT2D eigenvalue weighted by molar-refractivity contribution is 5.75. The maximum Gasteiger partial charge on any atom is 0.314 e. The van der Waals surface area contributed by atoms with Gasteiger partial charge < -0.3 is 9.47 Å². The topological polar surface area (TPSA) is 35.5 Å². The van der Waals surface area contributed by atoms with Crippen molar-refractivity contribution >= 4 is 12.0 Å². The van der Waals surface area contributed by atoms with Crippen LogP contribution in [0.2, 0.25) is 0 Å². The van der Waals surface area contributed by atoms with Crippen LogP contribution in [0.25, 0.3) is 17.2 Å². The number of hydrogen-bond acceptors (Lipinski definition) is 3. The van der Waals surface area contributed by atoms with Crippen LogP contribution in [0.4, 0.5) is 17.6 Å². The van der Waals surface area contributed by atoms with Crippen LogP contribution in [-0.2, 0) is 4.79 Å². The number of carbonyl (C=O) groups is 1. The Morgan fingerprint density at radius 2 is 1.43 bits per heavy atom. The van der Waals surface area contributed by atoms with Gasteiger partial charge in [-0.2, -0.15) is 8.78 Å². The summed E-state index contributed by atoms with van der Waals surface area (Å²) >= 11 is 0. The second kappa shape index (κ2) is 12.1. The van der Waals surface area contributed by atoms with Crippen molar-refractivity contribution in [3.8, 4) is 22.6 Å². The second-order valence-corrected chi connectivity index (χ2v) is 9.06. The number of esters is 1. The molecule has 4 rings (SSSR count). The number of alkyl halides is 1. The highest BCUT2D eigenvalue weighted by atomic mass is 19.2. The van der Waals surface area contributed by atoms with Gasteiger partial charge in [-0.15, -0.1) is 0 Å². The molecule has 0 radical (unpaired) electrons. The minimum Gasteiger partial charge on any atom is -0.491 e. The van der Waals surface area contributed by atoms with Gasteiger partial charge in [0.2, 0.25) is 11.6 Å². The maximum absolute atomic E-state index is 14.3. The molecule has 1 aliphatic rings. The average Bonchev–Trinajstić information content (AvgIpc) is 2.93. The molecule has 0 saturated heterocycles. The lowest BCUT2D eigenvalue weighted by Crippen LogP contribution is -2.25. The molecule has 7 heteroatoms. The van der Waals surface area contributed by atoms with E-state index in [4.69, 9.17) is 9.47 Å². The summed E-state index contributed by atoms with van der Waals surface area (Å²) in [5.41, 5.74) is 3.74. The fraction of sp³-hybridized carbons (Fsp3) is 0.300. The maximum atomic E-state index is 14.3. The SMILES string of the molecule is CCOc1ccc(OC(=O)C2CCC(c3ccc(-c4ccc(/C=C(\F)CF)cc4)cc3)CC2)c(F)c1F. The van der Waals surface area contributed by atoms with Crippen molar-refractivity contribution < 1.29 is 31.8 Å². The van der Waals surface area contributed by atoms with E-state index in [-0.39, 0.29) is 24.2 Å². The van der Waals surface area contributed by atoms with Crippen molar-refractivity contribution in [3.63, 3.8) is 0 Å². The summed E-state index contributed by atoms with van der Waals surface area (Å²) in [6.07, 6.45) is 3.92. The first kappa shape index (κ1) is 26.5. The molecule has 0 aliphatic heterocycles. The summed E-state index contributed by atoms with van der Waals surface area (Å²) in [7, 11) is 0. The van der Waals surface area contributed by atoms with Crippen LogP contribution in [0.15, 0.2) is 66.5 Å². The van der Waals surface area contributed by atoms with E-state index in [0.717, 1.165) is 24.0 Å². The number of hydrogen-bond donors (Lipinski definition) is 0. The molecule has 194 valence electrons. The van der Waals surface area contributed by atoms with Crippen molar-refractivity contribution in [3.05, 3.63) is 89.3 Å². The van der Waals surface area contributed by atoms with Gasteiger partial charge in [-0.3, -0.25) is 4.79 Å². The summed E-state index contributed by atoms with van der Waals surface area (Å²) in [6.45, 7) is 0.736. The Hall–Kier alpha value is -3.61. The lowest BCUT2D eigenvalue weighted by molar-refractivity contribution is -0.140. The number of benzene rings is 3. The molecule has 3 aromatic rings. The molecule has 1 saturated carbocycles. The summed E-state index contributed by atoms with van der Waals surface area (Å²) in [5, 5.41) is 0. The van der Waals surface area contributed by atoms with Crippen LogP contribution in [0, 0.1) is 17.6 Å². The lowest BCUT2D eigenvalue weighted by atomic mass is 9.78. The zero-order valence-electron chi connectivity index (χ0n) is 20.5. The molecule has 0 bridgehead atoms. The predicted octanol–water partition coefficient (Wildman–Crippen LogP) is 8.19. The van der Waals surface area contributed by atoms with Crippen molar-refractivity contribution in [2.24, 2.45) is 5.92 Å². The van der Waals surface area contributed by atoms with E-state index in [1.807, 2.05) is 24.3 Å². The Morgan fingerprint density at radius 1 is 0.865 bits per heavy atom. The fourth-order valence-corrected chi connectivity index (χ4v) is 4.65. The smallest absolute Gasteiger partial charge is 0.314 e. The first-order valence-electron chi connectivity index (χ1n) is 12.3. The van der Waals surface area contributed by atoms with Crippen molar-refractivity contribution in [2.75, 3.05) is 13.3 Å². The summed E-state index contributed by atoms with van der Waals surface area (Å²) in [6, 6.07) is 17.8. The molecule has 1 aliphatic carbocycles. The van der Waals surface area contributed by atoms with E-state index in [9.17, 15) is 22.4 Å². The minimum atomic E-state index is -1.23. The van der Waals surface area contributed by atoms with Gasteiger partial charge in [0.25, 0.3) is 0 Å². The van der Waals surface area contributed by atoms with Crippen LogP contribution in [-0.4, -0.2) is 19.3 Å². The van der Waals surface area contributed by atoms with Gasteiger partial charge in [0.1, 0.15) is 12.5 Å². The van der Waals surface area contributed by atoms with E-state index in [0.29, 0.717) is 18.4 Å². The Kier molecular flexibility index (Phi) is 8.64. The Labute approximate surface area is 213 Å². The van der Waals surface area contributed by atoms with E-state index in [2.05, 4.69) is 12.1 Å². The molecule has 3 aromatic carbocycles. The average molecular weight is 513 g/mol. The van der Waals surface area contributed by atoms with Crippen molar-refractivity contribution in [1.82, 2.24) is 0 Å². The number of allylic oxidation sites excluding steroid dienone is 1. The van der Waals surface area contributed by atoms with Gasteiger partial charge in [0, 0.05) is 0 Å². The van der Waals surface area contributed by atoms with Crippen molar-refractivity contribution in [1.29, 1.82) is 0 Å². The van der Waals surface area contributed by atoms with Gasteiger partial charge >= 0.3 is 5.97 Å². The Balaban J connectivity index is 1.33. The molecule has 0 aromatic heterocycles. The van der Waals surface area contributed by atoms with Crippen molar-refractivity contribution in [2.45, 2.75) is 38.5 Å². The third-order valence-electron chi connectivity index (χ3n) is 6.66. The first-order chi connectivity index (χ1) is 17.9. The highest BCUT2D eigenvalue weighted by Crippen LogP contribution is 2.38. The molecule has 0 N–H and O–H groups in total. The second-order valence-electron chi connectivity index (χ2n) is 9.06. The summed E-state index contributed by atoms with van der Waals surface area (Å²) < 4.78 is 64.0. The molecular weight excluding hydrogens is 484 g/mol. The van der Waals surface area contributed by atoms with E-state index >= 15 is 0 Å². The van der Waals surface area contributed by atoms with Crippen LogP contribution in [0.1, 0.15) is 49.7 Å². The van der Waals surface area contributed by atoms with Gasteiger partial charge in [0.15, 0.2) is 11.5 Å². The monoisotopic (exact) mass is 512 g/mol. The summed E-state index contributed by atoms with van der Waals surface area (Å²) in [5.74, 6) is -4.50. The highest BCUT2D eigenvalue weighted by Gasteiger charge is 2.29. The van der Waals surface area contributed by atoms with Gasteiger partial charge in [0.05, 0.1) is 12.5 Å². The third-order valence-corrected chi connectivity index (χ3v) is 6.66. The summed E-state index contributed by atoms with van der Waals surface area (Å²) in [4.78, 5) is 12.6. The zero-order valence-corrected chi connectivity index (χ0v) is 20.5. The van der Waals surface area contributed by atoms with Crippen LogP contribution in [0.3, 0.4) is 0 Å². The molecule has 0 amide bonds. The zero-order chi connectivity index (χ0) is 26.4. The Bertz CT molecular complexity index is 1250. The van der Waals surface area contributed by atoms with E-state index in [1.54, 1.807) is 19.1 Å². The molecule has 1 fully saturated rings. The molecule has 0 unspecified atom stereocenters. The molecule has 0 atom stereocenters. The minimum absolute atomic E-state index is 0.192. The number of halogens is 4. The lowest BCUT2D eigenvalue weighted by Gasteiger charge is -2.27. The van der Waals surface area contributed by atoms with Gasteiger partial charge in [-0.25, -0.2) is 8.78 Å². The molecule has 37 heavy (non-hydrogen) atoms. The van der Waals surface area contributed by atoms with Crippen LogP contribution < -0.4 is 9.47 Å². The van der Waals surface area contributed by atoms with E-state index in [1.165, 1.54) is 23.8 Å². The van der Waals surface area contributed by atoms with Gasteiger partial charge in [-0.1, -0.05) is 48.5 Å². The largest absolute Gasteiger partial charge is 0.491 e. The molecular formula is C30H28F4O3. The van der Waals surface area contributed by atoms with Crippen LogP contribution >= 0.6 is 0 Å². The predicted molar refractivity (Wildman–Crippen MR) is 135 cm³/mol. The number of carbonyl (C=O) groups excluding carboxylic acids is 1. The number of ether oxygens (including phenoxy) is 2. The number of rotatable bonds is 8. The van der Waals surface area contributed by atoms with Gasteiger partial charge in [-0.05, 0) is 79.0 Å². The quantitative estimate of drug-likeness (QED) is 0.173. The fourth-order valence-electron chi connectivity index (χ4n) is 4.65. The standard InChI is InChI=1S/C30H28F4O3/c1-2-36-26-15-16-27(29(34)28(26)33)37-30(35)24-13-11-23(12-14-24)22-9-7-21(8-10-22)20-5-3-19(4-6-20)17-25(32)18-31/h3-10,15-17,23-24H,2,11-14,18H2,1H3/b25-17-. The Morgan fingerprint density at radius 3 is 2.03 bits per heavy atom. The first-order valence-corrected chi connectivity index (χ1v) is 12.3. The van der Waals surface area contributed by atoms with Crippen LogP contribution in [0.5, 0.6) is 11.5 Å². The molecule has 0 heterocycles. The normalized spacial score (nSPS) is 17.9. The third kappa shape index (κ3) is 6.40. The molecule has 3 nitrogen and oxygen atoms in total.